The van der Waals surface area contributed by atoms with Gasteiger partial charge >= 0.3 is 5.97 Å². The minimum Gasteiger partial charge on any atom is -0.480 e. The normalized spacial score (nSPS) is 11.5. The highest BCUT2D eigenvalue weighted by Crippen LogP contribution is 2.23. The third kappa shape index (κ3) is 5.42. The second-order valence-electron chi connectivity index (χ2n) is 5.41. The van der Waals surface area contributed by atoms with E-state index < -0.39 is 28.6 Å². The lowest BCUT2D eigenvalue weighted by atomic mass is 10.2. The first-order valence-corrected chi connectivity index (χ1v) is 8.89. The molecule has 0 spiro atoms. The van der Waals surface area contributed by atoms with Crippen LogP contribution in [0.4, 0.5) is 11.5 Å². The summed E-state index contributed by atoms with van der Waals surface area (Å²) in [6.07, 6.45) is 0.133. The number of benzene rings is 1. The smallest absolute Gasteiger partial charge is 0.316 e. The SMILES string of the molecule is CCC(=O)Nc1nc(S[C@H](C)C(=O)O)[nH]c(=O)c1NC(=O)c1ccccc1. The van der Waals surface area contributed by atoms with Crippen LogP contribution < -0.4 is 16.2 Å². The molecule has 0 fully saturated rings. The van der Waals surface area contributed by atoms with Gasteiger partial charge in [-0.05, 0) is 19.1 Å². The number of H-pyrrole nitrogens is 1. The predicted molar refractivity (Wildman–Crippen MR) is 101 cm³/mol. The van der Waals surface area contributed by atoms with Crippen molar-refractivity contribution in [2.24, 2.45) is 0 Å². The van der Waals surface area contributed by atoms with Crippen molar-refractivity contribution in [1.82, 2.24) is 9.97 Å². The van der Waals surface area contributed by atoms with Crippen molar-refractivity contribution in [2.45, 2.75) is 30.7 Å². The summed E-state index contributed by atoms with van der Waals surface area (Å²) in [6, 6.07) is 8.22. The predicted octanol–water partition coefficient (Wildman–Crippen LogP) is 1.94. The van der Waals surface area contributed by atoms with Crippen LogP contribution in [0.5, 0.6) is 0 Å². The number of thioether (sulfide) groups is 1. The Balaban J connectivity index is 2.39. The molecule has 142 valence electrons. The number of aliphatic carboxylic acids is 1. The minimum absolute atomic E-state index is 0.0130. The summed E-state index contributed by atoms with van der Waals surface area (Å²) in [4.78, 5) is 54.0. The molecule has 9 nitrogen and oxygen atoms in total. The molecule has 2 aromatic rings. The van der Waals surface area contributed by atoms with E-state index in [1.54, 1.807) is 37.3 Å². The van der Waals surface area contributed by atoms with E-state index >= 15 is 0 Å². The fourth-order valence-corrected chi connectivity index (χ4v) is 2.66. The number of carboxylic acid groups (broad SMARTS) is 1. The largest absolute Gasteiger partial charge is 0.480 e. The summed E-state index contributed by atoms with van der Waals surface area (Å²) in [6.45, 7) is 3.05. The van der Waals surface area contributed by atoms with E-state index in [9.17, 15) is 19.2 Å². The first-order chi connectivity index (χ1) is 12.8. The van der Waals surface area contributed by atoms with Crippen molar-refractivity contribution < 1.29 is 19.5 Å². The summed E-state index contributed by atoms with van der Waals surface area (Å²) in [5, 5.41) is 13.0. The second-order valence-corrected chi connectivity index (χ2v) is 6.74. The van der Waals surface area contributed by atoms with Crippen LogP contribution in [0.2, 0.25) is 0 Å². The molecule has 0 saturated carbocycles. The van der Waals surface area contributed by atoms with E-state index in [0.29, 0.717) is 5.56 Å². The molecule has 0 aliphatic rings. The van der Waals surface area contributed by atoms with Gasteiger partial charge in [0.2, 0.25) is 5.91 Å². The third-order valence-corrected chi connectivity index (χ3v) is 4.36. The van der Waals surface area contributed by atoms with Gasteiger partial charge in [-0.2, -0.15) is 0 Å². The summed E-state index contributed by atoms with van der Waals surface area (Å²) in [7, 11) is 0. The molecule has 1 aromatic heterocycles. The van der Waals surface area contributed by atoms with E-state index in [0.717, 1.165) is 11.8 Å². The number of aromatic amines is 1. The standard InChI is InChI=1S/C17H18N4O5S/c1-3-11(22)18-13-12(19-14(23)10-7-5-4-6-8-10)15(24)21-17(20-13)27-9(2)16(25)26/h4-9H,3H2,1-2H3,(H,19,23)(H,25,26)(H2,18,20,21,22,24)/t9-/m1/s1. The fraction of sp³-hybridized carbons (Fsp3) is 0.235. The number of aromatic nitrogens is 2. The van der Waals surface area contributed by atoms with Gasteiger partial charge < -0.3 is 15.7 Å². The maximum Gasteiger partial charge on any atom is 0.316 e. The van der Waals surface area contributed by atoms with Crippen molar-refractivity contribution in [3.05, 3.63) is 46.2 Å². The van der Waals surface area contributed by atoms with Crippen molar-refractivity contribution in [1.29, 1.82) is 0 Å². The van der Waals surface area contributed by atoms with Crippen LogP contribution in [0.25, 0.3) is 0 Å². The Hall–Kier alpha value is -3.14. The van der Waals surface area contributed by atoms with Crippen LogP contribution >= 0.6 is 11.8 Å². The van der Waals surface area contributed by atoms with Gasteiger partial charge in [0, 0.05) is 12.0 Å². The number of hydrogen-bond acceptors (Lipinski definition) is 6. The van der Waals surface area contributed by atoms with Gasteiger partial charge in [-0.3, -0.25) is 24.2 Å². The fourth-order valence-electron chi connectivity index (χ4n) is 1.93. The third-order valence-electron chi connectivity index (χ3n) is 3.39. The molecule has 10 heteroatoms. The molecule has 2 amide bonds. The van der Waals surface area contributed by atoms with Crippen LogP contribution in [0.1, 0.15) is 30.6 Å². The zero-order valence-corrected chi connectivity index (χ0v) is 15.4. The molecule has 2 rings (SSSR count). The average Bonchev–Trinajstić information content (AvgIpc) is 2.64. The number of carbonyl (C=O) groups excluding carboxylic acids is 2. The molecule has 0 unspecified atom stereocenters. The molecule has 27 heavy (non-hydrogen) atoms. The Labute approximate surface area is 158 Å². The van der Waals surface area contributed by atoms with Gasteiger partial charge in [0.05, 0.1) is 0 Å². The Morgan fingerprint density at radius 1 is 1.22 bits per heavy atom. The lowest BCUT2D eigenvalue weighted by Gasteiger charge is -2.13. The van der Waals surface area contributed by atoms with E-state index in [-0.39, 0.29) is 23.1 Å². The van der Waals surface area contributed by atoms with Crippen molar-refractivity contribution in [3.8, 4) is 0 Å². The van der Waals surface area contributed by atoms with E-state index in [1.807, 2.05) is 0 Å². The molecule has 1 aromatic carbocycles. The van der Waals surface area contributed by atoms with Gasteiger partial charge in [0.15, 0.2) is 16.7 Å². The highest BCUT2D eigenvalue weighted by atomic mass is 32.2. The molecule has 1 atom stereocenters. The highest BCUT2D eigenvalue weighted by molar-refractivity contribution is 8.00. The molecular weight excluding hydrogens is 372 g/mol. The highest BCUT2D eigenvalue weighted by Gasteiger charge is 2.20. The number of hydrogen-bond donors (Lipinski definition) is 4. The molecule has 0 radical (unpaired) electrons. The lowest BCUT2D eigenvalue weighted by molar-refractivity contribution is -0.136. The maximum atomic E-state index is 12.4. The molecule has 0 saturated heterocycles. The van der Waals surface area contributed by atoms with E-state index in [2.05, 4.69) is 20.6 Å². The summed E-state index contributed by atoms with van der Waals surface area (Å²) in [5.41, 5.74) is -0.610. The summed E-state index contributed by atoms with van der Waals surface area (Å²) >= 11 is 0.808. The molecular formula is C17H18N4O5S. The zero-order valence-electron chi connectivity index (χ0n) is 14.6. The molecule has 4 N–H and O–H groups in total. The Morgan fingerprint density at radius 3 is 2.48 bits per heavy atom. The number of amides is 2. The number of carboxylic acids is 1. The Kier molecular flexibility index (Phi) is 6.72. The van der Waals surface area contributed by atoms with Gasteiger partial charge in [0.1, 0.15) is 5.25 Å². The number of nitrogens with one attached hydrogen (secondary N) is 3. The molecule has 0 aliphatic carbocycles. The zero-order chi connectivity index (χ0) is 20.0. The summed E-state index contributed by atoms with van der Waals surface area (Å²) < 4.78 is 0. The van der Waals surface area contributed by atoms with Crippen molar-refractivity contribution in [2.75, 3.05) is 10.6 Å². The quantitative estimate of drug-likeness (QED) is 0.418. The lowest BCUT2D eigenvalue weighted by Crippen LogP contribution is -2.25. The second kappa shape index (κ2) is 8.99. The van der Waals surface area contributed by atoms with Crippen molar-refractivity contribution in [3.63, 3.8) is 0 Å². The Morgan fingerprint density at radius 2 is 1.89 bits per heavy atom. The monoisotopic (exact) mass is 390 g/mol. The average molecular weight is 390 g/mol. The number of nitrogens with zero attached hydrogens (tertiary/aromatic N) is 1. The minimum atomic E-state index is -1.08. The number of carbonyl (C=O) groups is 3. The van der Waals surface area contributed by atoms with Gasteiger partial charge in [-0.25, -0.2) is 4.98 Å². The van der Waals surface area contributed by atoms with Gasteiger partial charge in [-0.1, -0.05) is 36.9 Å². The van der Waals surface area contributed by atoms with Crippen LogP contribution in [0, 0.1) is 0 Å². The number of anilines is 2. The number of rotatable bonds is 7. The van der Waals surface area contributed by atoms with Crippen molar-refractivity contribution >= 4 is 41.1 Å². The van der Waals surface area contributed by atoms with E-state index in [4.69, 9.17) is 5.11 Å². The molecule has 0 bridgehead atoms. The maximum absolute atomic E-state index is 12.4. The van der Waals surface area contributed by atoms with Crippen LogP contribution in [0.15, 0.2) is 40.3 Å². The molecule has 1 heterocycles. The Bertz CT molecular complexity index is 913. The van der Waals surface area contributed by atoms with Crippen LogP contribution in [-0.2, 0) is 9.59 Å². The first kappa shape index (κ1) is 20.2. The topological polar surface area (TPSA) is 141 Å². The van der Waals surface area contributed by atoms with Gasteiger partial charge in [0.25, 0.3) is 11.5 Å². The van der Waals surface area contributed by atoms with Crippen LogP contribution in [0.3, 0.4) is 0 Å². The van der Waals surface area contributed by atoms with Gasteiger partial charge in [-0.15, -0.1) is 0 Å². The van der Waals surface area contributed by atoms with Crippen LogP contribution in [-0.4, -0.2) is 38.1 Å². The first-order valence-electron chi connectivity index (χ1n) is 8.01. The van der Waals surface area contributed by atoms with E-state index in [1.165, 1.54) is 6.92 Å². The molecule has 0 aliphatic heterocycles. The summed E-state index contributed by atoms with van der Waals surface area (Å²) in [5.74, 6) is -2.18.